The molecule has 0 aliphatic heterocycles. The van der Waals surface area contributed by atoms with Gasteiger partial charge in [-0.25, -0.2) is 4.39 Å². The monoisotopic (exact) mass is 453 g/mol. The van der Waals surface area contributed by atoms with E-state index in [4.69, 9.17) is 9.47 Å². The second kappa shape index (κ2) is 11.6. The third-order valence-electron chi connectivity index (χ3n) is 4.69. The first kappa shape index (κ1) is 23.7. The summed E-state index contributed by atoms with van der Waals surface area (Å²) < 4.78 is 23.7. The highest BCUT2D eigenvalue weighted by molar-refractivity contribution is 5.98. The topological polar surface area (TPSA) is 110 Å². The van der Waals surface area contributed by atoms with Crippen LogP contribution in [0.2, 0.25) is 0 Å². The molecule has 1 aromatic heterocycles. The van der Waals surface area contributed by atoms with Gasteiger partial charge in [-0.2, -0.15) is 0 Å². The third kappa shape index (κ3) is 6.50. The Bertz CT molecular complexity index is 1150. The predicted octanol–water partition coefficient (Wildman–Crippen LogP) is 2.40. The number of rotatable bonds is 10. The third-order valence-corrected chi connectivity index (χ3v) is 4.69. The van der Waals surface area contributed by atoms with Crippen LogP contribution in [0.25, 0.3) is 0 Å². The van der Waals surface area contributed by atoms with E-state index in [0.29, 0.717) is 12.2 Å². The highest BCUT2D eigenvalue weighted by Crippen LogP contribution is 2.15. The lowest BCUT2D eigenvalue weighted by Gasteiger charge is -2.13. The number of ether oxygens (including phenoxy) is 2. The van der Waals surface area contributed by atoms with Gasteiger partial charge in [-0.15, -0.1) is 0 Å². The maximum Gasteiger partial charge on any atom is 0.271 e. The predicted molar refractivity (Wildman–Crippen MR) is 120 cm³/mol. The molecule has 1 heterocycles. The number of hydrogen-bond acceptors (Lipinski definition) is 5. The molecule has 0 saturated heterocycles. The van der Waals surface area contributed by atoms with Crippen molar-refractivity contribution in [2.45, 2.75) is 13.2 Å². The van der Waals surface area contributed by atoms with Gasteiger partial charge < -0.3 is 25.1 Å². The zero-order valence-electron chi connectivity index (χ0n) is 18.0. The molecule has 2 aromatic carbocycles. The smallest absolute Gasteiger partial charge is 0.271 e. The average molecular weight is 453 g/mol. The van der Waals surface area contributed by atoms with Gasteiger partial charge in [0.15, 0.2) is 11.4 Å². The molecule has 0 spiro atoms. The number of benzene rings is 2. The number of methoxy groups -OCH3 is 1. The van der Waals surface area contributed by atoms with Gasteiger partial charge in [-0.1, -0.05) is 42.5 Å². The van der Waals surface area contributed by atoms with Gasteiger partial charge in [0.25, 0.3) is 11.8 Å². The lowest BCUT2D eigenvalue weighted by Crippen LogP contribution is -2.33. The van der Waals surface area contributed by atoms with Crippen LogP contribution in [0, 0.1) is 5.82 Å². The minimum absolute atomic E-state index is 0.0307. The van der Waals surface area contributed by atoms with Crippen LogP contribution in [0.3, 0.4) is 0 Å². The van der Waals surface area contributed by atoms with Crippen molar-refractivity contribution in [3.63, 3.8) is 0 Å². The SMILES string of the molecule is COCCNC(=O)c1[nH]cc(C(=O)NCc2ccc(F)cc2)c(=O)c1OCc1ccccc1. The molecule has 2 amide bonds. The second-order valence-electron chi connectivity index (χ2n) is 7.07. The summed E-state index contributed by atoms with van der Waals surface area (Å²) in [4.78, 5) is 41.0. The number of halogens is 1. The van der Waals surface area contributed by atoms with Gasteiger partial charge in [-0.05, 0) is 23.3 Å². The normalized spacial score (nSPS) is 10.5. The first-order valence-corrected chi connectivity index (χ1v) is 10.2. The van der Waals surface area contributed by atoms with E-state index >= 15 is 0 Å². The number of carbonyl (C=O) groups is 2. The molecular weight excluding hydrogens is 429 g/mol. The van der Waals surface area contributed by atoms with Crippen LogP contribution < -0.4 is 20.8 Å². The van der Waals surface area contributed by atoms with E-state index in [1.807, 2.05) is 30.3 Å². The molecule has 9 heteroatoms. The summed E-state index contributed by atoms with van der Waals surface area (Å²) in [6.07, 6.45) is 1.17. The molecule has 33 heavy (non-hydrogen) atoms. The molecule has 0 bridgehead atoms. The van der Waals surface area contributed by atoms with Crippen molar-refractivity contribution >= 4 is 11.8 Å². The quantitative estimate of drug-likeness (QED) is 0.409. The lowest BCUT2D eigenvalue weighted by atomic mass is 10.1. The molecule has 0 aliphatic rings. The summed E-state index contributed by atoms with van der Waals surface area (Å²) in [6, 6.07) is 14.7. The fourth-order valence-electron chi connectivity index (χ4n) is 2.95. The number of aromatic nitrogens is 1. The molecule has 3 N–H and O–H groups in total. The molecule has 3 aromatic rings. The molecule has 0 fully saturated rings. The van der Waals surface area contributed by atoms with Crippen molar-refractivity contribution in [3.8, 4) is 5.75 Å². The Morgan fingerprint density at radius 1 is 0.970 bits per heavy atom. The van der Waals surface area contributed by atoms with Crippen LogP contribution in [0.5, 0.6) is 5.75 Å². The number of nitrogens with one attached hydrogen (secondary N) is 3. The van der Waals surface area contributed by atoms with Crippen LogP contribution in [0.15, 0.2) is 65.6 Å². The average Bonchev–Trinajstić information content (AvgIpc) is 2.83. The number of amides is 2. The highest BCUT2D eigenvalue weighted by atomic mass is 19.1. The Morgan fingerprint density at radius 3 is 2.39 bits per heavy atom. The summed E-state index contributed by atoms with van der Waals surface area (Å²) in [7, 11) is 1.50. The molecule has 0 atom stereocenters. The Kier molecular flexibility index (Phi) is 8.31. The number of carbonyl (C=O) groups excluding carboxylic acids is 2. The Hall–Kier alpha value is -3.98. The van der Waals surface area contributed by atoms with E-state index in [-0.39, 0.29) is 42.5 Å². The lowest BCUT2D eigenvalue weighted by molar-refractivity contribution is 0.0919. The molecule has 0 unspecified atom stereocenters. The maximum atomic E-state index is 13.1. The summed E-state index contributed by atoms with van der Waals surface area (Å²) in [5.41, 5.74) is 0.415. The van der Waals surface area contributed by atoms with E-state index in [9.17, 15) is 18.8 Å². The first-order valence-electron chi connectivity index (χ1n) is 10.2. The fraction of sp³-hybridized carbons (Fsp3) is 0.208. The largest absolute Gasteiger partial charge is 0.483 e. The van der Waals surface area contributed by atoms with Crippen molar-refractivity contribution in [1.82, 2.24) is 15.6 Å². The van der Waals surface area contributed by atoms with E-state index in [0.717, 1.165) is 5.56 Å². The van der Waals surface area contributed by atoms with Crippen molar-refractivity contribution in [3.05, 3.63) is 99.2 Å². The van der Waals surface area contributed by atoms with E-state index in [1.54, 1.807) is 0 Å². The molecule has 0 saturated carbocycles. The number of H-pyrrole nitrogens is 1. The van der Waals surface area contributed by atoms with Crippen molar-refractivity contribution < 1.29 is 23.5 Å². The Morgan fingerprint density at radius 2 is 1.70 bits per heavy atom. The zero-order chi connectivity index (χ0) is 23.6. The van der Waals surface area contributed by atoms with Gasteiger partial charge in [0.1, 0.15) is 18.0 Å². The van der Waals surface area contributed by atoms with E-state index in [2.05, 4.69) is 15.6 Å². The van der Waals surface area contributed by atoms with E-state index in [1.165, 1.54) is 37.6 Å². The van der Waals surface area contributed by atoms with Gasteiger partial charge in [0.2, 0.25) is 5.43 Å². The molecule has 172 valence electrons. The molecule has 0 aliphatic carbocycles. The first-order chi connectivity index (χ1) is 16.0. The Balaban J connectivity index is 1.83. The van der Waals surface area contributed by atoms with Gasteiger partial charge in [-0.3, -0.25) is 14.4 Å². The van der Waals surface area contributed by atoms with Gasteiger partial charge in [0, 0.05) is 26.4 Å². The maximum absolute atomic E-state index is 13.1. The Labute approximate surface area is 189 Å². The minimum Gasteiger partial charge on any atom is -0.483 e. The number of pyridine rings is 1. The van der Waals surface area contributed by atoms with Crippen molar-refractivity contribution in [1.29, 1.82) is 0 Å². The summed E-state index contributed by atoms with van der Waals surface area (Å²) >= 11 is 0. The van der Waals surface area contributed by atoms with Crippen LogP contribution in [-0.2, 0) is 17.9 Å². The fourth-order valence-corrected chi connectivity index (χ4v) is 2.95. The molecule has 0 radical (unpaired) electrons. The standard InChI is InChI=1S/C24H24FN3O5/c1-32-12-11-26-24(31)20-22(33-15-17-5-3-2-4-6-17)21(29)19(14-27-20)23(30)28-13-16-7-9-18(25)10-8-16/h2-10,14H,11-13,15H2,1H3,(H,26,31)(H,27,29)(H,28,30). The van der Waals surface area contributed by atoms with Gasteiger partial charge in [0.05, 0.1) is 6.61 Å². The number of aromatic amines is 1. The number of hydrogen-bond donors (Lipinski definition) is 3. The van der Waals surface area contributed by atoms with Crippen molar-refractivity contribution in [2.24, 2.45) is 0 Å². The van der Waals surface area contributed by atoms with Crippen LogP contribution in [0.4, 0.5) is 4.39 Å². The minimum atomic E-state index is -0.724. The van der Waals surface area contributed by atoms with Crippen LogP contribution in [-0.4, -0.2) is 37.1 Å². The molecular formula is C24H24FN3O5. The summed E-state index contributed by atoms with van der Waals surface area (Å²) in [5, 5.41) is 5.23. The van der Waals surface area contributed by atoms with Crippen LogP contribution in [0.1, 0.15) is 32.0 Å². The summed E-state index contributed by atoms with van der Waals surface area (Å²) in [6.45, 7) is 0.649. The van der Waals surface area contributed by atoms with Gasteiger partial charge >= 0.3 is 0 Å². The summed E-state index contributed by atoms with van der Waals surface area (Å²) in [5.74, 6) is -1.87. The molecule has 8 nitrogen and oxygen atoms in total. The second-order valence-corrected chi connectivity index (χ2v) is 7.07. The zero-order valence-corrected chi connectivity index (χ0v) is 18.0. The van der Waals surface area contributed by atoms with E-state index < -0.39 is 17.2 Å². The van der Waals surface area contributed by atoms with Crippen LogP contribution >= 0.6 is 0 Å². The van der Waals surface area contributed by atoms with Crippen molar-refractivity contribution in [2.75, 3.05) is 20.3 Å². The molecule has 3 rings (SSSR count). The highest BCUT2D eigenvalue weighted by Gasteiger charge is 2.22.